The molecule has 0 bridgehead atoms. The molecule has 0 saturated heterocycles. The summed E-state index contributed by atoms with van der Waals surface area (Å²) in [6.45, 7) is 6.06. The van der Waals surface area contributed by atoms with Gasteiger partial charge in [-0.1, -0.05) is 29.8 Å². The van der Waals surface area contributed by atoms with Crippen molar-refractivity contribution >= 4 is 0 Å². The molecular weight excluding hydrogens is 172 g/mol. The van der Waals surface area contributed by atoms with Crippen molar-refractivity contribution in [3.05, 3.63) is 35.4 Å². The number of aryl methyl sites for hydroxylation is 1. The molecule has 0 unspecified atom stereocenters. The van der Waals surface area contributed by atoms with Gasteiger partial charge in [-0.2, -0.15) is 0 Å². The minimum atomic E-state index is 0.418. The van der Waals surface area contributed by atoms with E-state index in [0.717, 1.165) is 19.5 Å². The van der Waals surface area contributed by atoms with Crippen LogP contribution in [0.15, 0.2) is 24.3 Å². The van der Waals surface area contributed by atoms with Crippen LogP contribution < -0.4 is 11.1 Å². The normalized spacial score (nSPS) is 12.8. The predicted molar refractivity (Wildman–Crippen MR) is 61.3 cm³/mol. The third-order valence-corrected chi connectivity index (χ3v) is 2.37. The summed E-state index contributed by atoms with van der Waals surface area (Å²) >= 11 is 0. The Hall–Kier alpha value is -0.860. The summed E-state index contributed by atoms with van der Waals surface area (Å²) in [4.78, 5) is 0. The van der Waals surface area contributed by atoms with Gasteiger partial charge in [-0.25, -0.2) is 0 Å². The molecule has 78 valence electrons. The topological polar surface area (TPSA) is 38.0 Å². The molecule has 0 aliphatic carbocycles. The first kappa shape index (κ1) is 11.2. The second kappa shape index (κ2) is 5.78. The van der Waals surface area contributed by atoms with Crippen LogP contribution in [-0.4, -0.2) is 13.1 Å². The number of benzene rings is 1. The van der Waals surface area contributed by atoms with E-state index in [2.05, 4.69) is 43.4 Å². The van der Waals surface area contributed by atoms with Crippen LogP contribution in [0.25, 0.3) is 0 Å². The Morgan fingerprint density at radius 2 is 2.21 bits per heavy atom. The van der Waals surface area contributed by atoms with Gasteiger partial charge in [0.25, 0.3) is 0 Å². The Balaban J connectivity index is 2.47. The third kappa shape index (κ3) is 3.48. The lowest BCUT2D eigenvalue weighted by molar-refractivity contribution is 0.561. The number of hydrogen-bond donors (Lipinski definition) is 2. The molecule has 0 spiro atoms. The molecule has 1 atom stereocenters. The van der Waals surface area contributed by atoms with E-state index in [1.807, 2.05) is 0 Å². The second-order valence-corrected chi connectivity index (χ2v) is 3.73. The molecule has 0 amide bonds. The zero-order valence-corrected chi connectivity index (χ0v) is 9.09. The average molecular weight is 192 g/mol. The van der Waals surface area contributed by atoms with Crippen molar-refractivity contribution < 1.29 is 0 Å². The van der Waals surface area contributed by atoms with Crippen molar-refractivity contribution in [3.8, 4) is 0 Å². The van der Waals surface area contributed by atoms with E-state index in [1.165, 1.54) is 11.1 Å². The summed E-state index contributed by atoms with van der Waals surface area (Å²) in [5.41, 5.74) is 8.10. The van der Waals surface area contributed by atoms with Gasteiger partial charge in [0.15, 0.2) is 0 Å². The van der Waals surface area contributed by atoms with E-state index in [-0.39, 0.29) is 0 Å². The SMILES string of the molecule is Cc1cccc([C@@H](C)NCCCN)c1. The summed E-state index contributed by atoms with van der Waals surface area (Å²) in [6, 6.07) is 9.02. The van der Waals surface area contributed by atoms with E-state index >= 15 is 0 Å². The lowest BCUT2D eigenvalue weighted by atomic mass is 10.1. The highest BCUT2D eigenvalue weighted by atomic mass is 14.9. The van der Waals surface area contributed by atoms with Gasteiger partial charge in [0, 0.05) is 6.04 Å². The standard InChI is InChI=1S/C12H20N2/c1-10-5-3-6-12(9-10)11(2)14-8-4-7-13/h3,5-6,9,11,14H,4,7-8,13H2,1-2H3/t11-/m1/s1. The fraction of sp³-hybridized carbons (Fsp3) is 0.500. The Bertz CT molecular complexity index is 271. The molecule has 0 aliphatic rings. The van der Waals surface area contributed by atoms with Crippen LogP contribution in [0.3, 0.4) is 0 Å². The monoisotopic (exact) mass is 192 g/mol. The summed E-state index contributed by atoms with van der Waals surface area (Å²) in [6.07, 6.45) is 1.04. The van der Waals surface area contributed by atoms with E-state index in [1.54, 1.807) is 0 Å². The Labute approximate surface area is 86.5 Å². The number of hydrogen-bond acceptors (Lipinski definition) is 2. The van der Waals surface area contributed by atoms with Gasteiger partial charge in [-0.15, -0.1) is 0 Å². The number of rotatable bonds is 5. The largest absolute Gasteiger partial charge is 0.330 e. The molecule has 14 heavy (non-hydrogen) atoms. The number of nitrogens with two attached hydrogens (primary N) is 1. The Morgan fingerprint density at radius 3 is 2.86 bits per heavy atom. The molecule has 3 N–H and O–H groups in total. The van der Waals surface area contributed by atoms with E-state index in [0.29, 0.717) is 6.04 Å². The zero-order valence-electron chi connectivity index (χ0n) is 9.09. The summed E-state index contributed by atoms with van der Waals surface area (Å²) < 4.78 is 0. The van der Waals surface area contributed by atoms with Crippen LogP contribution in [0.4, 0.5) is 0 Å². The van der Waals surface area contributed by atoms with Crippen LogP contribution >= 0.6 is 0 Å². The van der Waals surface area contributed by atoms with Crippen molar-refractivity contribution in [2.24, 2.45) is 5.73 Å². The molecule has 2 nitrogen and oxygen atoms in total. The van der Waals surface area contributed by atoms with Crippen molar-refractivity contribution in [2.75, 3.05) is 13.1 Å². The minimum Gasteiger partial charge on any atom is -0.330 e. The highest BCUT2D eigenvalue weighted by Gasteiger charge is 2.02. The van der Waals surface area contributed by atoms with Crippen molar-refractivity contribution in [1.29, 1.82) is 0 Å². The predicted octanol–water partition coefficient (Wildman–Crippen LogP) is 1.99. The van der Waals surface area contributed by atoms with E-state index in [9.17, 15) is 0 Å². The molecule has 1 aromatic rings. The van der Waals surface area contributed by atoms with Crippen LogP contribution in [0.2, 0.25) is 0 Å². The Morgan fingerprint density at radius 1 is 1.43 bits per heavy atom. The van der Waals surface area contributed by atoms with Crippen LogP contribution in [0.5, 0.6) is 0 Å². The van der Waals surface area contributed by atoms with Gasteiger partial charge < -0.3 is 11.1 Å². The first-order valence-electron chi connectivity index (χ1n) is 5.24. The molecule has 0 aromatic heterocycles. The van der Waals surface area contributed by atoms with Crippen LogP contribution in [0, 0.1) is 6.92 Å². The fourth-order valence-electron chi connectivity index (χ4n) is 1.48. The molecule has 2 heteroatoms. The molecule has 0 fully saturated rings. The number of nitrogens with one attached hydrogen (secondary N) is 1. The molecule has 0 aliphatic heterocycles. The second-order valence-electron chi connectivity index (χ2n) is 3.73. The zero-order chi connectivity index (χ0) is 10.4. The summed E-state index contributed by atoms with van der Waals surface area (Å²) in [5.74, 6) is 0. The lowest BCUT2D eigenvalue weighted by Gasteiger charge is -2.14. The highest BCUT2D eigenvalue weighted by Crippen LogP contribution is 2.13. The fourth-order valence-corrected chi connectivity index (χ4v) is 1.48. The maximum Gasteiger partial charge on any atom is 0.0291 e. The van der Waals surface area contributed by atoms with Crippen molar-refractivity contribution in [2.45, 2.75) is 26.3 Å². The van der Waals surface area contributed by atoms with Crippen molar-refractivity contribution in [1.82, 2.24) is 5.32 Å². The highest BCUT2D eigenvalue weighted by molar-refractivity contribution is 5.24. The molecule has 0 heterocycles. The molecular formula is C12H20N2. The van der Waals surface area contributed by atoms with Gasteiger partial charge >= 0.3 is 0 Å². The molecule has 1 rings (SSSR count). The quantitative estimate of drug-likeness (QED) is 0.700. The minimum absolute atomic E-state index is 0.418. The van der Waals surface area contributed by atoms with E-state index in [4.69, 9.17) is 5.73 Å². The van der Waals surface area contributed by atoms with E-state index < -0.39 is 0 Å². The third-order valence-electron chi connectivity index (χ3n) is 2.37. The van der Waals surface area contributed by atoms with Crippen LogP contribution in [0.1, 0.15) is 30.5 Å². The Kier molecular flexibility index (Phi) is 4.63. The van der Waals surface area contributed by atoms with Gasteiger partial charge in [-0.05, 0) is 38.9 Å². The first-order valence-corrected chi connectivity index (χ1v) is 5.24. The molecule has 0 saturated carbocycles. The summed E-state index contributed by atoms with van der Waals surface area (Å²) in [5, 5.41) is 3.45. The molecule has 1 aromatic carbocycles. The maximum atomic E-state index is 5.44. The maximum absolute atomic E-state index is 5.44. The van der Waals surface area contributed by atoms with Gasteiger partial charge in [0.1, 0.15) is 0 Å². The average Bonchev–Trinajstić information content (AvgIpc) is 2.18. The van der Waals surface area contributed by atoms with Crippen LogP contribution in [-0.2, 0) is 0 Å². The van der Waals surface area contributed by atoms with Gasteiger partial charge in [0.2, 0.25) is 0 Å². The van der Waals surface area contributed by atoms with Crippen molar-refractivity contribution in [3.63, 3.8) is 0 Å². The smallest absolute Gasteiger partial charge is 0.0291 e. The van der Waals surface area contributed by atoms with Gasteiger partial charge in [0.05, 0.1) is 0 Å². The molecule has 0 radical (unpaired) electrons. The first-order chi connectivity index (χ1) is 6.74. The lowest BCUT2D eigenvalue weighted by Crippen LogP contribution is -2.21. The summed E-state index contributed by atoms with van der Waals surface area (Å²) in [7, 11) is 0. The van der Waals surface area contributed by atoms with Gasteiger partial charge in [-0.3, -0.25) is 0 Å².